The fourth-order valence-corrected chi connectivity index (χ4v) is 4.54. The van der Waals surface area contributed by atoms with Gasteiger partial charge in [-0.15, -0.1) is 0 Å². The molecule has 2 aliphatic rings. The van der Waals surface area contributed by atoms with E-state index in [2.05, 4.69) is 13.8 Å². The minimum atomic E-state index is -0.860. The van der Waals surface area contributed by atoms with Crippen LogP contribution in [0.15, 0.2) is 0 Å². The topological polar surface area (TPSA) is 60.7 Å². The summed E-state index contributed by atoms with van der Waals surface area (Å²) in [7, 11) is 0. The third-order valence-electron chi connectivity index (χ3n) is 5.72. The van der Waals surface area contributed by atoms with Crippen molar-refractivity contribution in [2.45, 2.75) is 71.2 Å². The van der Waals surface area contributed by atoms with Gasteiger partial charge in [0.2, 0.25) is 0 Å². The van der Waals surface area contributed by atoms with Gasteiger partial charge < -0.3 is 15.3 Å². The summed E-state index contributed by atoms with van der Waals surface area (Å²) in [6.07, 6.45) is 2.16. The van der Waals surface area contributed by atoms with Crippen LogP contribution >= 0.6 is 0 Å². The van der Waals surface area contributed by atoms with Gasteiger partial charge in [-0.3, -0.25) is 0 Å². The quantitative estimate of drug-likeness (QED) is 0.672. The maximum absolute atomic E-state index is 10.7. The van der Waals surface area contributed by atoms with E-state index in [0.717, 1.165) is 12.8 Å². The highest BCUT2D eigenvalue weighted by atomic mass is 16.3. The van der Waals surface area contributed by atoms with Crippen molar-refractivity contribution >= 4 is 0 Å². The maximum atomic E-state index is 10.7. The first-order valence-electron chi connectivity index (χ1n) is 7.28. The molecule has 0 amide bonds. The second-order valence-corrected chi connectivity index (χ2v) is 7.33. The molecule has 0 heterocycles. The molecule has 0 bridgehead atoms. The number of aliphatic hydroxyl groups excluding tert-OH is 2. The first kappa shape index (κ1) is 14.3. The summed E-state index contributed by atoms with van der Waals surface area (Å²) in [4.78, 5) is 0. The van der Waals surface area contributed by atoms with Crippen LogP contribution in [0.1, 0.15) is 53.4 Å². The Bertz CT molecular complexity index is 313. The summed E-state index contributed by atoms with van der Waals surface area (Å²) in [6.45, 7) is 8.12. The van der Waals surface area contributed by atoms with Crippen LogP contribution in [0.5, 0.6) is 0 Å². The molecule has 106 valence electrons. The van der Waals surface area contributed by atoms with E-state index in [0.29, 0.717) is 18.8 Å². The molecule has 0 spiro atoms. The van der Waals surface area contributed by atoms with E-state index in [1.165, 1.54) is 0 Å². The monoisotopic (exact) mass is 256 g/mol. The van der Waals surface area contributed by atoms with E-state index in [1.54, 1.807) is 0 Å². The lowest BCUT2D eigenvalue weighted by Crippen LogP contribution is -2.63. The number of hydrogen-bond acceptors (Lipinski definition) is 3. The van der Waals surface area contributed by atoms with E-state index in [4.69, 9.17) is 0 Å². The molecule has 0 saturated heterocycles. The Kier molecular flexibility index (Phi) is 3.54. The second-order valence-electron chi connectivity index (χ2n) is 7.33. The predicted octanol–water partition coefficient (Wildman–Crippen LogP) is 1.94. The summed E-state index contributed by atoms with van der Waals surface area (Å²) < 4.78 is 0. The molecule has 0 aromatic carbocycles. The molecule has 2 aliphatic carbocycles. The molecule has 3 heteroatoms. The lowest BCUT2D eigenvalue weighted by atomic mass is 9.50. The van der Waals surface area contributed by atoms with Crippen LogP contribution in [0.4, 0.5) is 0 Å². The first-order valence-corrected chi connectivity index (χ1v) is 7.28. The van der Waals surface area contributed by atoms with Crippen LogP contribution in [-0.2, 0) is 0 Å². The van der Waals surface area contributed by atoms with Crippen molar-refractivity contribution in [3.05, 3.63) is 0 Å². The summed E-state index contributed by atoms with van der Waals surface area (Å²) in [5.41, 5.74) is -1.20. The minimum absolute atomic E-state index is 0.213. The molecule has 18 heavy (non-hydrogen) atoms. The summed E-state index contributed by atoms with van der Waals surface area (Å²) >= 11 is 0. The van der Waals surface area contributed by atoms with Crippen LogP contribution < -0.4 is 0 Å². The van der Waals surface area contributed by atoms with Gasteiger partial charge in [0.15, 0.2) is 0 Å². The van der Waals surface area contributed by atoms with E-state index < -0.39 is 17.8 Å². The zero-order valence-corrected chi connectivity index (χ0v) is 12.1. The lowest BCUT2D eigenvalue weighted by molar-refractivity contribution is -0.219. The average Bonchev–Trinajstić information content (AvgIpc) is 2.23. The highest BCUT2D eigenvalue weighted by molar-refractivity contribution is 5.08. The van der Waals surface area contributed by atoms with Gasteiger partial charge in [0.05, 0.1) is 17.8 Å². The van der Waals surface area contributed by atoms with Crippen LogP contribution in [0.2, 0.25) is 0 Å². The molecule has 3 N–H and O–H groups in total. The van der Waals surface area contributed by atoms with Gasteiger partial charge in [0, 0.05) is 11.3 Å². The average molecular weight is 256 g/mol. The molecule has 3 nitrogen and oxygen atoms in total. The van der Waals surface area contributed by atoms with Crippen molar-refractivity contribution in [2.75, 3.05) is 0 Å². The van der Waals surface area contributed by atoms with E-state index >= 15 is 0 Å². The third kappa shape index (κ3) is 2.00. The smallest absolute Gasteiger partial charge is 0.0679 e. The molecule has 0 aromatic rings. The number of fused-ring (bicyclic) bond motifs is 1. The standard InChI is InChI=1S/C15H28O3/c1-9(2)10-5-7-14(3)11(16)6-8-15(4,18)13(14)12(10)17/h9-13,16-18H,5-8H2,1-4H3/t10-,11-,12?,13?,14-,15-/m0/s1. The van der Waals surface area contributed by atoms with Crippen molar-refractivity contribution in [3.63, 3.8) is 0 Å². The van der Waals surface area contributed by atoms with Crippen molar-refractivity contribution in [2.24, 2.45) is 23.2 Å². The van der Waals surface area contributed by atoms with Crippen molar-refractivity contribution in [1.82, 2.24) is 0 Å². The molecule has 0 aliphatic heterocycles. The zero-order chi connectivity index (χ0) is 13.7. The Morgan fingerprint density at radius 1 is 1.06 bits per heavy atom. The van der Waals surface area contributed by atoms with Crippen molar-refractivity contribution < 1.29 is 15.3 Å². The molecule has 2 fully saturated rings. The van der Waals surface area contributed by atoms with Crippen LogP contribution in [0, 0.1) is 23.2 Å². The van der Waals surface area contributed by atoms with Crippen LogP contribution in [0.3, 0.4) is 0 Å². The Labute approximate surface area is 110 Å². The van der Waals surface area contributed by atoms with Gasteiger partial charge in [-0.2, -0.15) is 0 Å². The SMILES string of the molecule is CC(C)[C@@H]1CC[C@]2(C)C(C1O)[C@@](C)(O)CC[C@@H]2O. The fraction of sp³-hybridized carbons (Fsp3) is 1.00. The molecule has 2 rings (SSSR count). The van der Waals surface area contributed by atoms with Crippen LogP contribution in [-0.4, -0.2) is 33.1 Å². The number of rotatable bonds is 1. The third-order valence-corrected chi connectivity index (χ3v) is 5.72. The van der Waals surface area contributed by atoms with Gasteiger partial charge in [-0.05, 0) is 44.4 Å². The Morgan fingerprint density at radius 3 is 2.22 bits per heavy atom. The molecule has 6 atom stereocenters. The molecular formula is C15H28O3. The number of hydrogen-bond donors (Lipinski definition) is 3. The van der Waals surface area contributed by atoms with Crippen molar-refractivity contribution in [3.8, 4) is 0 Å². The molecule has 0 aromatic heterocycles. The van der Waals surface area contributed by atoms with Gasteiger partial charge in [-0.25, -0.2) is 0 Å². The Morgan fingerprint density at radius 2 is 1.67 bits per heavy atom. The summed E-state index contributed by atoms with van der Waals surface area (Å²) in [5, 5.41) is 31.6. The van der Waals surface area contributed by atoms with Gasteiger partial charge in [0.25, 0.3) is 0 Å². The van der Waals surface area contributed by atoms with Gasteiger partial charge in [-0.1, -0.05) is 20.8 Å². The summed E-state index contributed by atoms with van der Waals surface area (Å²) in [5.74, 6) is 0.439. The largest absolute Gasteiger partial charge is 0.393 e. The Balaban J connectivity index is 2.35. The Hall–Kier alpha value is -0.120. The molecule has 2 unspecified atom stereocenters. The highest BCUT2D eigenvalue weighted by Crippen LogP contribution is 2.56. The second kappa shape index (κ2) is 4.46. The highest BCUT2D eigenvalue weighted by Gasteiger charge is 2.59. The molecule has 0 radical (unpaired) electrons. The lowest BCUT2D eigenvalue weighted by Gasteiger charge is -2.58. The zero-order valence-electron chi connectivity index (χ0n) is 12.1. The summed E-state index contributed by atoms with van der Waals surface area (Å²) in [6, 6.07) is 0. The van der Waals surface area contributed by atoms with Crippen molar-refractivity contribution in [1.29, 1.82) is 0 Å². The van der Waals surface area contributed by atoms with E-state index in [9.17, 15) is 15.3 Å². The van der Waals surface area contributed by atoms with E-state index in [-0.39, 0.29) is 17.3 Å². The normalized spacial score (nSPS) is 53.3. The maximum Gasteiger partial charge on any atom is 0.0679 e. The predicted molar refractivity (Wildman–Crippen MR) is 71.0 cm³/mol. The minimum Gasteiger partial charge on any atom is -0.393 e. The van der Waals surface area contributed by atoms with E-state index in [1.807, 2.05) is 13.8 Å². The number of aliphatic hydroxyl groups is 3. The van der Waals surface area contributed by atoms with Crippen LogP contribution in [0.25, 0.3) is 0 Å². The molecule has 2 saturated carbocycles. The van der Waals surface area contributed by atoms with Gasteiger partial charge >= 0.3 is 0 Å². The molecular weight excluding hydrogens is 228 g/mol. The first-order chi connectivity index (χ1) is 8.20. The fourth-order valence-electron chi connectivity index (χ4n) is 4.54. The van der Waals surface area contributed by atoms with Gasteiger partial charge in [0.1, 0.15) is 0 Å².